The summed E-state index contributed by atoms with van der Waals surface area (Å²) in [4.78, 5) is 29.3. The third kappa shape index (κ3) is 3.47. The fourth-order valence-electron chi connectivity index (χ4n) is 4.62. The molecule has 1 amide bonds. The average molecular weight is 433 g/mol. The molecule has 156 valence electrons. The van der Waals surface area contributed by atoms with Crippen molar-refractivity contribution in [1.82, 2.24) is 0 Å². The number of hydrogen-bond acceptors (Lipinski definition) is 4. The van der Waals surface area contributed by atoms with Crippen LogP contribution in [-0.2, 0) is 9.59 Å². The highest BCUT2D eigenvalue weighted by molar-refractivity contribution is 7.10. The molecule has 1 N–H and O–H groups in total. The predicted octanol–water partition coefficient (Wildman–Crippen LogP) is 5.81. The van der Waals surface area contributed by atoms with Crippen molar-refractivity contribution >= 4 is 34.4 Å². The highest BCUT2D eigenvalue weighted by atomic mass is 32.1. The van der Waals surface area contributed by atoms with E-state index in [-0.39, 0.29) is 23.4 Å². The Morgan fingerprint density at radius 2 is 1.84 bits per heavy atom. The summed E-state index contributed by atoms with van der Waals surface area (Å²) in [6.07, 6.45) is 1.07. The second kappa shape index (κ2) is 7.78. The molecular formula is C25H21FN2O2S. The molecule has 2 aliphatic rings. The lowest BCUT2D eigenvalue weighted by atomic mass is 9.80. The number of halogens is 1. The van der Waals surface area contributed by atoms with E-state index in [0.29, 0.717) is 29.7 Å². The quantitative estimate of drug-likeness (QED) is 0.556. The van der Waals surface area contributed by atoms with Gasteiger partial charge in [-0.2, -0.15) is 0 Å². The van der Waals surface area contributed by atoms with Crippen LogP contribution in [0.15, 0.2) is 77.3 Å². The zero-order chi connectivity index (χ0) is 21.5. The summed E-state index contributed by atoms with van der Waals surface area (Å²) in [5.41, 5.74) is 3.63. The molecule has 31 heavy (non-hydrogen) atoms. The van der Waals surface area contributed by atoms with E-state index in [1.807, 2.05) is 35.7 Å². The molecule has 1 aliphatic heterocycles. The van der Waals surface area contributed by atoms with Crippen molar-refractivity contribution in [2.75, 3.05) is 10.2 Å². The van der Waals surface area contributed by atoms with Crippen LogP contribution in [0.2, 0.25) is 0 Å². The lowest BCUT2D eigenvalue weighted by molar-refractivity contribution is -0.117. The van der Waals surface area contributed by atoms with Gasteiger partial charge in [0.25, 0.3) is 0 Å². The van der Waals surface area contributed by atoms with Crippen molar-refractivity contribution in [3.63, 3.8) is 0 Å². The molecule has 1 aliphatic carbocycles. The Labute approximate surface area is 184 Å². The first-order valence-electron chi connectivity index (χ1n) is 10.2. The van der Waals surface area contributed by atoms with Gasteiger partial charge >= 0.3 is 0 Å². The van der Waals surface area contributed by atoms with Crippen molar-refractivity contribution in [1.29, 1.82) is 0 Å². The molecule has 3 aromatic rings. The number of hydrogen-bond donors (Lipinski definition) is 1. The monoisotopic (exact) mass is 432 g/mol. The van der Waals surface area contributed by atoms with Gasteiger partial charge in [0.2, 0.25) is 5.91 Å². The molecule has 0 saturated heterocycles. The Balaban J connectivity index is 1.72. The average Bonchev–Trinajstić information content (AvgIpc) is 3.24. The molecule has 2 atom stereocenters. The van der Waals surface area contributed by atoms with Crippen molar-refractivity contribution in [3.05, 3.63) is 93.6 Å². The Hall–Kier alpha value is -3.25. The zero-order valence-electron chi connectivity index (χ0n) is 17.0. The number of ketones is 1. The number of carbonyl (C=O) groups is 2. The Kier molecular flexibility index (Phi) is 4.94. The van der Waals surface area contributed by atoms with E-state index in [2.05, 4.69) is 11.4 Å². The van der Waals surface area contributed by atoms with Crippen LogP contribution in [0.5, 0.6) is 0 Å². The fraction of sp³-hybridized carbons (Fsp3) is 0.200. The number of anilines is 2. The van der Waals surface area contributed by atoms with Crippen molar-refractivity contribution in [3.8, 4) is 0 Å². The minimum absolute atomic E-state index is 0.0144. The molecule has 4 nitrogen and oxygen atoms in total. The van der Waals surface area contributed by atoms with Crippen LogP contribution in [0.4, 0.5) is 15.8 Å². The number of rotatable bonds is 2. The summed E-state index contributed by atoms with van der Waals surface area (Å²) >= 11 is 1.66. The Morgan fingerprint density at radius 1 is 1.06 bits per heavy atom. The van der Waals surface area contributed by atoms with Gasteiger partial charge in [-0.1, -0.05) is 30.3 Å². The first-order chi connectivity index (χ1) is 15.0. The maximum Gasteiger partial charge on any atom is 0.224 e. The molecule has 0 radical (unpaired) electrons. The SMILES string of the molecule is CC(=O)N1c2ccccc2NC2=C(C(=O)C[C@H](c3cccs3)C2)[C@@H]1c1ccc(F)cc1. The van der Waals surface area contributed by atoms with Crippen LogP contribution in [0, 0.1) is 5.82 Å². The summed E-state index contributed by atoms with van der Waals surface area (Å²) in [7, 11) is 0. The molecule has 2 aromatic carbocycles. The number of Topliss-reactive ketones (excluding diaryl/α,β-unsaturated/α-hetero) is 1. The van der Waals surface area contributed by atoms with Gasteiger partial charge in [0.15, 0.2) is 5.78 Å². The van der Waals surface area contributed by atoms with E-state index in [4.69, 9.17) is 0 Å². The number of benzene rings is 2. The number of carbonyl (C=O) groups excluding carboxylic acids is 2. The molecule has 0 spiro atoms. The minimum Gasteiger partial charge on any atom is -0.357 e. The van der Waals surface area contributed by atoms with Gasteiger partial charge in [-0.15, -0.1) is 11.3 Å². The predicted molar refractivity (Wildman–Crippen MR) is 121 cm³/mol. The molecule has 0 saturated carbocycles. The van der Waals surface area contributed by atoms with Crippen LogP contribution in [0.1, 0.15) is 42.2 Å². The highest BCUT2D eigenvalue weighted by Gasteiger charge is 2.40. The van der Waals surface area contributed by atoms with E-state index in [1.165, 1.54) is 23.9 Å². The lowest BCUT2D eigenvalue weighted by Crippen LogP contribution is -2.37. The molecule has 0 unspecified atom stereocenters. The molecule has 0 bridgehead atoms. The number of fused-ring (bicyclic) bond motifs is 1. The smallest absolute Gasteiger partial charge is 0.224 e. The van der Waals surface area contributed by atoms with E-state index in [9.17, 15) is 14.0 Å². The van der Waals surface area contributed by atoms with Crippen molar-refractivity contribution < 1.29 is 14.0 Å². The van der Waals surface area contributed by atoms with Gasteiger partial charge in [0.05, 0.1) is 17.4 Å². The second-order valence-corrected chi connectivity index (χ2v) is 8.90. The first kappa shape index (κ1) is 19.7. The third-order valence-electron chi connectivity index (χ3n) is 5.96. The highest BCUT2D eigenvalue weighted by Crippen LogP contribution is 2.47. The zero-order valence-corrected chi connectivity index (χ0v) is 17.8. The number of nitrogens with zero attached hydrogens (tertiary/aromatic N) is 1. The fourth-order valence-corrected chi connectivity index (χ4v) is 5.45. The summed E-state index contributed by atoms with van der Waals surface area (Å²) in [6.45, 7) is 1.50. The number of para-hydroxylation sites is 2. The standard InChI is InChI=1S/C25H21FN2O2S/c1-15(29)28-21-6-3-2-5-19(21)27-20-13-17(23-7-4-12-31-23)14-22(30)24(20)25(28)16-8-10-18(26)11-9-16/h2-12,17,25,27H,13-14H2,1H3/t17-,25+/m1/s1. The van der Waals surface area contributed by atoms with Crippen LogP contribution in [0.3, 0.4) is 0 Å². The van der Waals surface area contributed by atoms with Gasteiger partial charge in [-0.25, -0.2) is 4.39 Å². The Bertz CT molecular complexity index is 1180. The van der Waals surface area contributed by atoms with Crippen molar-refractivity contribution in [2.24, 2.45) is 0 Å². The molecule has 6 heteroatoms. The first-order valence-corrected chi connectivity index (χ1v) is 11.1. The van der Waals surface area contributed by atoms with Gasteiger partial charge in [-0.05, 0) is 47.7 Å². The van der Waals surface area contributed by atoms with Gasteiger partial charge in [0, 0.05) is 35.4 Å². The summed E-state index contributed by atoms with van der Waals surface area (Å²) in [5.74, 6) is -0.415. The Morgan fingerprint density at radius 3 is 2.55 bits per heavy atom. The number of thiophene rings is 1. The van der Waals surface area contributed by atoms with Crippen LogP contribution < -0.4 is 10.2 Å². The van der Waals surface area contributed by atoms with E-state index in [1.54, 1.807) is 28.4 Å². The summed E-state index contributed by atoms with van der Waals surface area (Å²) in [5, 5.41) is 5.50. The number of amides is 1. The maximum atomic E-state index is 13.7. The number of nitrogens with one attached hydrogen (secondary N) is 1. The van der Waals surface area contributed by atoms with Crippen molar-refractivity contribution in [2.45, 2.75) is 31.7 Å². The van der Waals surface area contributed by atoms with E-state index >= 15 is 0 Å². The van der Waals surface area contributed by atoms with E-state index < -0.39 is 6.04 Å². The summed E-state index contributed by atoms with van der Waals surface area (Å²) in [6, 6.07) is 17.1. The molecule has 5 rings (SSSR count). The topological polar surface area (TPSA) is 49.4 Å². The molecule has 1 aromatic heterocycles. The minimum atomic E-state index is -0.610. The largest absolute Gasteiger partial charge is 0.357 e. The summed E-state index contributed by atoms with van der Waals surface area (Å²) < 4.78 is 13.7. The van der Waals surface area contributed by atoms with Gasteiger partial charge in [0.1, 0.15) is 5.82 Å². The van der Waals surface area contributed by atoms with Crippen LogP contribution in [-0.4, -0.2) is 11.7 Å². The van der Waals surface area contributed by atoms with Gasteiger partial charge in [-0.3, -0.25) is 14.5 Å². The second-order valence-electron chi connectivity index (χ2n) is 7.92. The van der Waals surface area contributed by atoms with Crippen LogP contribution in [0.25, 0.3) is 0 Å². The molecule has 2 heterocycles. The normalized spacial score (nSPS) is 20.6. The van der Waals surface area contributed by atoms with Gasteiger partial charge < -0.3 is 5.32 Å². The van der Waals surface area contributed by atoms with E-state index in [0.717, 1.165) is 11.4 Å². The molecule has 0 fully saturated rings. The third-order valence-corrected chi connectivity index (χ3v) is 6.99. The number of allylic oxidation sites excluding steroid dienone is 1. The lowest BCUT2D eigenvalue weighted by Gasteiger charge is -2.34. The maximum absolute atomic E-state index is 13.7. The molecular weight excluding hydrogens is 411 g/mol. The van der Waals surface area contributed by atoms with Crippen LogP contribution >= 0.6 is 11.3 Å².